The van der Waals surface area contributed by atoms with Gasteiger partial charge in [0.25, 0.3) is 0 Å². The molecular weight excluding hydrogens is 255 g/mol. The second-order valence-corrected chi connectivity index (χ2v) is 3.30. The molecule has 0 aliphatic rings. The van der Waals surface area contributed by atoms with E-state index in [1.807, 2.05) is 0 Å². The molecule has 1 rings (SSSR count). The predicted octanol–water partition coefficient (Wildman–Crippen LogP) is 2.47. The van der Waals surface area contributed by atoms with Crippen molar-refractivity contribution in [1.82, 2.24) is 0 Å². The number of carbonyl (C=O) groups is 1. The van der Waals surface area contributed by atoms with E-state index >= 15 is 0 Å². The van der Waals surface area contributed by atoms with Gasteiger partial charge < -0.3 is 9.84 Å². The summed E-state index contributed by atoms with van der Waals surface area (Å²) in [5.41, 5.74) is -0.00921. The third kappa shape index (κ3) is 2.23. The maximum atomic E-state index is 13.0. The number of phenols is 1. The smallest absolute Gasteiger partial charge is 0.338 e. The topological polar surface area (TPSA) is 46.5 Å². The highest BCUT2D eigenvalue weighted by molar-refractivity contribution is 9.10. The highest BCUT2D eigenvalue weighted by Gasteiger charge is 2.13. The Kier molecular flexibility index (Phi) is 3.46. The summed E-state index contributed by atoms with van der Waals surface area (Å²) in [6.45, 7) is 1.85. The highest BCUT2D eigenvalue weighted by Crippen LogP contribution is 2.28. The zero-order valence-corrected chi connectivity index (χ0v) is 8.97. The number of phenolic OH excluding ortho intramolecular Hbond substituents is 1. The Morgan fingerprint density at radius 2 is 2.29 bits per heavy atom. The first-order valence-electron chi connectivity index (χ1n) is 3.91. The van der Waals surface area contributed by atoms with Crippen molar-refractivity contribution >= 4 is 21.9 Å². The molecule has 1 aromatic rings. The van der Waals surface area contributed by atoms with Crippen LogP contribution < -0.4 is 0 Å². The van der Waals surface area contributed by atoms with Crippen LogP contribution in [0.1, 0.15) is 17.3 Å². The molecule has 76 valence electrons. The molecule has 0 atom stereocenters. The van der Waals surface area contributed by atoms with E-state index in [9.17, 15) is 14.3 Å². The van der Waals surface area contributed by atoms with Crippen LogP contribution in [0.25, 0.3) is 0 Å². The van der Waals surface area contributed by atoms with E-state index in [0.29, 0.717) is 0 Å². The first kappa shape index (κ1) is 11.0. The van der Waals surface area contributed by atoms with Crippen molar-refractivity contribution in [3.8, 4) is 5.75 Å². The maximum Gasteiger partial charge on any atom is 0.338 e. The Balaban J connectivity index is 3.06. The summed E-state index contributed by atoms with van der Waals surface area (Å²) in [6, 6.07) is 2.15. The molecule has 0 amide bonds. The van der Waals surface area contributed by atoms with Crippen LogP contribution in [-0.2, 0) is 4.74 Å². The number of aromatic hydroxyl groups is 1. The highest BCUT2D eigenvalue weighted by atomic mass is 79.9. The molecule has 14 heavy (non-hydrogen) atoms. The van der Waals surface area contributed by atoms with Gasteiger partial charge in [0.15, 0.2) is 0 Å². The van der Waals surface area contributed by atoms with Gasteiger partial charge in [0.2, 0.25) is 0 Å². The van der Waals surface area contributed by atoms with Crippen LogP contribution in [0.2, 0.25) is 0 Å². The van der Waals surface area contributed by atoms with Gasteiger partial charge >= 0.3 is 5.97 Å². The van der Waals surface area contributed by atoms with Crippen LogP contribution in [-0.4, -0.2) is 17.7 Å². The summed E-state index contributed by atoms with van der Waals surface area (Å²) in [5.74, 6) is -1.68. The number of halogens is 2. The van der Waals surface area contributed by atoms with Crippen molar-refractivity contribution in [2.45, 2.75) is 6.92 Å². The van der Waals surface area contributed by atoms with Crippen molar-refractivity contribution in [2.24, 2.45) is 0 Å². The van der Waals surface area contributed by atoms with E-state index < -0.39 is 11.8 Å². The minimum atomic E-state index is -0.701. The quantitative estimate of drug-likeness (QED) is 0.834. The van der Waals surface area contributed by atoms with E-state index in [-0.39, 0.29) is 22.4 Å². The summed E-state index contributed by atoms with van der Waals surface area (Å²) < 4.78 is 17.6. The van der Waals surface area contributed by atoms with Gasteiger partial charge in [-0.1, -0.05) is 0 Å². The van der Waals surface area contributed by atoms with E-state index in [4.69, 9.17) is 0 Å². The van der Waals surface area contributed by atoms with Crippen molar-refractivity contribution in [1.29, 1.82) is 0 Å². The van der Waals surface area contributed by atoms with Gasteiger partial charge in [-0.2, -0.15) is 0 Å². The summed E-state index contributed by atoms with van der Waals surface area (Å²) >= 11 is 2.82. The van der Waals surface area contributed by atoms with Gasteiger partial charge in [-0.05, 0) is 35.0 Å². The van der Waals surface area contributed by atoms with Gasteiger partial charge in [-0.15, -0.1) is 0 Å². The lowest BCUT2D eigenvalue weighted by Gasteiger charge is -2.04. The lowest BCUT2D eigenvalue weighted by atomic mass is 10.2. The normalized spacial score (nSPS) is 9.93. The van der Waals surface area contributed by atoms with Crippen molar-refractivity contribution < 1.29 is 19.0 Å². The first-order valence-corrected chi connectivity index (χ1v) is 4.70. The number of ether oxygens (including phenoxy) is 1. The fourth-order valence-corrected chi connectivity index (χ4v) is 1.14. The molecule has 0 saturated heterocycles. The minimum absolute atomic E-state index is 0.00921. The number of benzene rings is 1. The monoisotopic (exact) mass is 262 g/mol. The van der Waals surface area contributed by atoms with Gasteiger partial charge in [0, 0.05) is 0 Å². The van der Waals surface area contributed by atoms with E-state index in [1.165, 1.54) is 0 Å². The molecule has 0 aliphatic carbocycles. The minimum Gasteiger partial charge on any atom is -0.507 e. The van der Waals surface area contributed by atoms with E-state index in [0.717, 1.165) is 12.1 Å². The SMILES string of the molecule is CCOC(=O)c1cc(O)c(Br)c(F)c1. The average molecular weight is 263 g/mol. The number of rotatable bonds is 2. The number of esters is 1. The Hall–Kier alpha value is -1.10. The van der Waals surface area contributed by atoms with Gasteiger partial charge in [0.05, 0.1) is 16.6 Å². The molecule has 0 aliphatic heterocycles. The van der Waals surface area contributed by atoms with Crippen LogP contribution in [0.3, 0.4) is 0 Å². The largest absolute Gasteiger partial charge is 0.507 e. The lowest BCUT2D eigenvalue weighted by Crippen LogP contribution is -2.05. The van der Waals surface area contributed by atoms with E-state index in [1.54, 1.807) is 6.92 Å². The number of hydrogen-bond acceptors (Lipinski definition) is 3. The fourth-order valence-electron chi connectivity index (χ4n) is 0.907. The van der Waals surface area contributed by atoms with Crippen LogP contribution in [0.15, 0.2) is 16.6 Å². The summed E-state index contributed by atoms with van der Waals surface area (Å²) in [7, 11) is 0. The first-order chi connectivity index (χ1) is 6.56. The molecule has 0 saturated carbocycles. The molecule has 0 radical (unpaired) electrons. The Labute approximate surface area is 88.6 Å². The number of hydrogen-bond donors (Lipinski definition) is 1. The summed E-state index contributed by atoms with van der Waals surface area (Å²) in [5, 5.41) is 9.20. The molecule has 1 aromatic carbocycles. The third-order valence-corrected chi connectivity index (χ3v) is 2.31. The molecule has 0 unspecified atom stereocenters. The Morgan fingerprint density at radius 3 is 2.79 bits per heavy atom. The molecule has 0 heterocycles. The standard InChI is InChI=1S/C9H8BrFO3/c1-2-14-9(13)5-3-6(11)8(10)7(12)4-5/h3-4,12H,2H2,1H3. The third-order valence-electron chi connectivity index (χ3n) is 1.52. The molecule has 0 fully saturated rings. The zero-order valence-electron chi connectivity index (χ0n) is 7.38. The Morgan fingerprint density at radius 1 is 1.64 bits per heavy atom. The summed E-state index contributed by atoms with van der Waals surface area (Å²) in [6.07, 6.45) is 0. The van der Waals surface area contributed by atoms with Crippen LogP contribution >= 0.6 is 15.9 Å². The predicted molar refractivity (Wildman–Crippen MR) is 51.7 cm³/mol. The van der Waals surface area contributed by atoms with Gasteiger partial charge in [-0.3, -0.25) is 0 Å². The van der Waals surface area contributed by atoms with Crippen LogP contribution in [0, 0.1) is 5.82 Å². The van der Waals surface area contributed by atoms with E-state index in [2.05, 4.69) is 20.7 Å². The molecule has 0 aromatic heterocycles. The van der Waals surface area contributed by atoms with Crippen LogP contribution in [0.4, 0.5) is 4.39 Å². The van der Waals surface area contributed by atoms with Crippen molar-refractivity contribution in [3.63, 3.8) is 0 Å². The summed E-state index contributed by atoms with van der Waals surface area (Å²) in [4.78, 5) is 11.1. The zero-order chi connectivity index (χ0) is 10.7. The van der Waals surface area contributed by atoms with Gasteiger partial charge in [-0.25, -0.2) is 9.18 Å². The second kappa shape index (κ2) is 4.41. The maximum absolute atomic E-state index is 13.0. The molecule has 5 heteroatoms. The Bertz CT molecular complexity index is 342. The molecule has 3 nitrogen and oxygen atoms in total. The van der Waals surface area contributed by atoms with Crippen molar-refractivity contribution in [2.75, 3.05) is 6.61 Å². The van der Waals surface area contributed by atoms with Crippen LogP contribution in [0.5, 0.6) is 5.75 Å². The average Bonchev–Trinajstić information content (AvgIpc) is 2.13. The van der Waals surface area contributed by atoms with Gasteiger partial charge in [0.1, 0.15) is 11.6 Å². The molecular formula is C9H8BrFO3. The lowest BCUT2D eigenvalue weighted by molar-refractivity contribution is 0.0525. The van der Waals surface area contributed by atoms with Crippen molar-refractivity contribution in [3.05, 3.63) is 28.0 Å². The molecule has 0 spiro atoms. The molecule has 1 N–H and O–H groups in total. The number of carbonyl (C=O) groups excluding carboxylic acids is 1. The second-order valence-electron chi connectivity index (χ2n) is 2.51. The molecule has 0 bridgehead atoms. The fraction of sp³-hybridized carbons (Fsp3) is 0.222.